The summed E-state index contributed by atoms with van der Waals surface area (Å²) in [5.41, 5.74) is 0. The van der Waals surface area contributed by atoms with Gasteiger partial charge in [0.15, 0.2) is 0 Å². The number of hydrogen-bond acceptors (Lipinski definition) is 1. The van der Waals surface area contributed by atoms with Gasteiger partial charge in [0, 0.05) is 19.6 Å². The average molecular weight is 183 g/mol. The number of nitrogens with zero attached hydrogens (tertiary/aromatic N) is 2. The van der Waals surface area contributed by atoms with E-state index in [0.717, 1.165) is 16.3 Å². The van der Waals surface area contributed by atoms with Crippen molar-refractivity contribution in [2.45, 2.75) is 12.8 Å². The molecule has 1 aliphatic heterocycles. The molecule has 0 unspecified atom stereocenters. The van der Waals surface area contributed by atoms with E-state index in [0.29, 0.717) is 0 Å². The number of likely N-dealkylation sites (N-methyl/N-ethyl adjacent to an activating group) is 1. The topological polar surface area (TPSA) is 3.24 Å². The largest absolute Gasteiger partial charge is 0.330 e. The lowest BCUT2D eigenvalue weighted by Crippen LogP contribution is -2.41. The average Bonchev–Trinajstić information content (AvgIpc) is 2.24. The van der Waals surface area contributed by atoms with Crippen LogP contribution in [0.4, 0.5) is 0 Å². The number of quaternary nitrogens is 1. The fourth-order valence-electron chi connectivity index (χ4n) is 2.48. The summed E-state index contributed by atoms with van der Waals surface area (Å²) in [4.78, 5) is 2.67. The molecular formula is C11H23N2+. The van der Waals surface area contributed by atoms with Gasteiger partial charge in [0.05, 0.1) is 27.7 Å². The minimum Gasteiger partial charge on any atom is -0.330 e. The molecule has 1 aliphatic carbocycles. The van der Waals surface area contributed by atoms with Crippen molar-refractivity contribution in [3.63, 3.8) is 0 Å². The quantitative estimate of drug-likeness (QED) is 0.591. The molecular weight excluding hydrogens is 160 g/mol. The van der Waals surface area contributed by atoms with Crippen molar-refractivity contribution in [2.75, 3.05) is 47.3 Å². The summed E-state index contributed by atoms with van der Waals surface area (Å²) in [6.45, 7) is 5.38. The van der Waals surface area contributed by atoms with Crippen LogP contribution in [0.1, 0.15) is 12.8 Å². The Morgan fingerprint density at radius 3 is 2.00 bits per heavy atom. The highest BCUT2D eigenvalue weighted by Crippen LogP contribution is 2.40. The number of hydrogen-bond donors (Lipinski definition) is 0. The van der Waals surface area contributed by atoms with Crippen LogP contribution in [-0.4, -0.2) is 56.7 Å². The third-order valence-electron chi connectivity index (χ3n) is 3.65. The smallest absolute Gasteiger partial charge is 0.0909 e. The van der Waals surface area contributed by atoms with E-state index in [-0.39, 0.29) is 0 Å². The predicted octanol–water partition coefficient (Wildman–Crippen LogP) is 1.03. The van der Waals surface area contributed by atoms with Crippen molar-refractivity contribution in [1.29, 1.82) is 0 Å². The molecule has 0 amide bonds. The van der Waals surface area contributed by atoms with Gasteiger partial charge in [-0.15, -0.1) is 0 Å². The second-order valence-electron chi connectivity index (χ2n) is 5.87. The lowest BCUT2D eigenvalue weighted by atomic mass is 9.77. The summed E-state index contributed by atoms with van der Waals surface area (Å²) in [6, 6.07) is 0. The molecule has 13 heavy (non-hydrogen) atoms. The maximum Gasteiger partial charge on any atom is 0.0909 e. The van der Waals surface area contributed by atoms with Crippen molar-refractivity contribution >= 4 is 0 Å². The molecule has 76 valence electrons. The van der Waals surface area contributed by atoms with Crippen LogP contribution in [0.5, 0.6) is 0 Å². The van der Waals surface area contributed by atoms with Crippen LogP contribution in [0.3, 0.4) is 0 Å². The Bertz CT molecular complexity index is 171. The van der Waals surface area contributed by atoms with Gasteiger partial charge in [-0.2, -0.15) is 0 Å². The van der Waals surface area contributed by atoms with E-state index < -0.39 is 0 Å². The molecule has 0 spiro atoms. The van der Waals surface area contributed by atoms with E-state index in [1.807, 2.05) is 0 Å². The molecule has 0 bridgehead atoms. The van der Waals surface area contributed by atoms with Crippen LogP contribution in [0.15, 0.2) is 0 Å². The van der Waals surface area contributed by atoms with Crippen LogP contribution < -0.4 is 0 Å². The molecule has 0 aromatic carbocycles. The monoisotopic (exact) mass is 183 g/mol. The Morgan fingerprint density at radius 1 is 1.08 bits per heavy atom. The van der Waals surface area contributed by atoms with Crippen molar-refractivity contribution in [3.05, 3.63) is 0 Å². The zero-order valence-corrected chi connectivity index (χ0v) is 9.29. The first-order chi connectivity index (χ1) is 6.04. The third-order valence-corrected chi connectivity index (χ3v) is 3.65. The highest BCUT2D eigenvalue weighted by Gasteiger charge is 2.39. The number of fused-ring (bicyclic) bond motifs is 1. The first-order valence-corrected chi connectivity index (χ1v) is 5.57. The van der Waals surface area contributed by atoms with E-state index in [4.69, 9.17) is 0 Å². The molecule has 0 N–H and O–H groups in total. The van der Waals surface area contributed by atoms with Gasteiger partial charge in [-0.3, -0.25) is 4.90 Å². The standard InChI is InChI=1S/C11H23N2/c1-13(2,3)7-6-12-8-10-4-5-11(10)9-12/h10-11H,4-9H2,1-3H3/q+1/t10-,11-/m0/s1. The summed E-state index contributed by atoms with van der Waals surface area (Å²) in [5, 5.41) is 0. The molecule has 2 heteroatoms. The van der Waals surface area contributed by atoms with Crippen molar-refractivity contribution < 1.29 is 4.48 Å². The van der Waals surface area contributed by atoms with Gasteiger partial charge in [-0.05, 0) is 24.7 Å². The normalized spacial score (nSPS) is 34.4. The third kappa shape index (κ3) is 2.23. The Kier molecular flexibility index (Phi) is 2.37. The molecule has 2 aliphatic rings. The van der Waals surface area contributed by atoms with Crippen LogP contribution in [0, 0.1) is 11.8 Å². The van der Waals surface area contributed by atoms with Crippen LogP contribution in [0.25, 0.3) is 0 Å². The number of likely N-dealkylation sites (tertiary alicyclic amines) is 1. The molecule has 2 rings (SSSR count). The Hall–Kier alpha value is -0.0800. The molecule has 2 fully saturated rings. The van der Waals surface area contributed by atoms with Crippen molar-refractivity contribution in [2.24, 2.45) is 11.8 Å². The van der Waals surface area contributed by atoms with Gasteiger partial charge in [0.1, 0.15) is 0 Å². The van der Waals surface area contributed by atoms with Gasteiger partial charge in [-0.1, -0.05) is 0 Å². The van der Waals surface area contributed by atoms with Crippen LogP contribution in [0.2, 0.25) is 0 Å². The van der Waals surface area contributed by atoms with Crippen LogP contribution >= 0.6 is 0 Å². The lowest BCUT2D eigenvalue weighted by Gasteiger charge is -2.28. The van der Waals surface area contributed by atoms with Gasteiger partial charge in [-0.25, -0.2) is 0 Å². The van der Waals surface area contributed by atoms with Crippen LogP contribution in [-0.2, 0) is 0 Å². The van der Waals surface area contributed by atoms with E-state index in [1.165, 1.54) is 39.0 Å². The summed E-state index contributed by atoms with van der Waals surface area (Å²) < 4.78 is 1.10. The van der Waals surface area contributed by atoms with Gasteiger partial charge in [0.2, 0.25) is 0 Å². The molecule has 2 nitrogen and oxygen atoms in total. The molecule has 2 atom stereocenters. The molecule has 1 heterocycles. The maximum absolute atomic E-state index is 2.67. The van der Waals surface area contributed by atoms with E-state index in [9.17, 15) is 0 Å². The zero-order valence-electron chi connectivity index (χ0n) is 9.29. The minimum atomic E-state index is 1.08. The van der Waals surface area contributed by atoms with E-state index >= 15 is 0 Å². The fourth-order valence-corrected chi connectivity index (χ4v) is 2.48. The molecule has 0 aromatic rings. The first kappa shape index (κ1) is 9.47. The molecule has 0 radical (unpaired) electrons. The Labute approximate surface area is 82.1 Å². The van der Waals surface area contributed by atoms with E-state index in [2.05, 4.69) is 26.0 Å². The number of rotatable bonds is 3. The lowest BCUT2D eigenvalue weighted by molar-refractivity contribution is -0.869. The summed E-state index contributed by atoms with van der Waals surface area (Å²) in [5.74, 6) is 2.15. The molecule has 1 saturated heterocycles. The second kappa shape index (κ2) is 3.25. The second-order valence-corrected chi connectivity index (χ2v) is 5.87. The Balaban J connectivity index is 1.72. The SMILES string of the molecule is C[N+](C)(C)CCN1C[C@@H]2CC[C@H]2C1. The van der Waals surface area contributed by atoms with Gasteiger partial charge in [0.25, 0.3) is 0 Å². The van der Waals surface area contributed by atoms with Crippen molar-refractivity contribution in [3.8, 4) is 0 Å². The highest BCUT2D eigenvalue weighted by molar-refractivity contribution is 4.91. The summed E-state index contributed by atoms with van der Waals surface area (Å²) >= 11 is 0. The van der Waals surface area contributed by atoms with Gasteiger partial charge < -0.3 is 4.48 Å². The highest BCUT2D eigenvalue weighted by atomic mass is 15.3. The Morgan fingerprint density at radius 2 is 1.62 bits per heavy atom. The van der Waals surface area contributed by atoms with Crippen molar-refractivity contribution in [1.82, 2.24) is 4.90 Å². The fraction of sp³-hybridized carbons (Fsp3) is 1.00. The summed E-state index contributed by atoms with van der Waals surface area (Å²) in [7, 11) is 6.85. The van der Waals surface area contributed by atoms with Gasteiger partial charge >= 0.3 is 0 Å². The van der Waals surface area contributed by atoms with E-state index in [1.54, 1.807) is 0 Å². The maximum atomic E-state index is 2.67. The molecule has 0 aromatic heterocycles. The minimum absolute atomic E-state index is 1.08. The first-order valence-electron chi connectivity index (χ1n) is 5.57. The summed E-state index contributed by atoms with van der Waals surface area (Å²) in [6.07, 6.45) is 3.01. The molecule has 1 saturated carbocycles. The predicted molar refractivity (Wildman–Crippen MR) is 55.6 cm³/mol. The zero-order chi connectivity index (χ0) is 9.47.